The van der Waals surface area contributed by atoms with Gasteiger partial charge in [0.15, 0.2) is 5.82 Å². The van der Waals surface area contributed by atoms with Crippen LogP contribution in [0.3, 0.4) is 0 Å². The Kier molecular flexibility index (Phi) is 5.62. The van der Waals surface area contributed by atoms with Crippen molar-refractivity contribution in [3.63, 3.8) is 0 Å². The van der Waals surface area contributed by atoms with E-state index >= 15 is 0 Å². The van der Waals surface area contributed by atoms with E-state index in [9.17, 15) is 4.79 Å². The summed E-state index contributed by atoms with van der Waals surface area (Å²) in [6, 6.07) is 5.46. The lowest BCUT2D eigenvalue weighted by molar-refractivity contribution is -0.120. The van der Waals surface area contributed by atoms with Gasteiger partial charge in [0, 0.05) is 13.1 Å². The molecule has 1 N–H and O–H groups in total. The Hall–Kier alpha value is -2.74. The second-order valence-corrected chi connectivity index (χ2v) is 7.71. The van der Waals surface area contributed by atoms with E-state index in [0.717, 1.165) is 30.8 Å². The molecule has 29 heavy (non-hydrogen) atoms. The van der Waals surface area contributed by atoms with Crippen LogP contribution in [0.1, 0.15) is 44.7 Å². The molecule has 8 nitrogen and oxygen atoms in total. The van der Waals surface area contributed by atoms with Crippen molar-refractivity contribution in [2.24, 2.45) is 5.10 Å². The third-order valence-corrected chi connectivity index (χ3v) is 5.72. The maximum absolute atomic E-state index is 12.9. The number of nitrogens with one attached hydrogen (secondary N) is 1. The highest BCUT2D eigenvalue weighted by atomic mass is 35.5. The van der Waals surface area contributed by atoms with Gasteiger partial charge < -0.3 is 9.80 Å². The van der Waals surface area contributed by atoms with Crippen LogP contribution < -0.4 is 15.2 Å². The maximum atomic E-state index is 12.9. The van der Waals surface area contributed by atoms with E-state index < -0.39 is 0 Å². The van der Waals surface area contributed by atoms with Crippen molar-refractivity contribution in [1.29, 1.82) is 0 Å². The summed E-state index contributed by atoms with van der Waals surface area (Å²) >= 11 is 5.90. The number of hydrazone groups is 1. The summed E-state index contributed by atoms with van der Waals surface area (Å²) in [6.45, 7) is 2.05. The summed E-state index contributed by atoms with van der Waals surface area (Å²) in [6.07, 6.45) is 8.52. The first-order chi connectivity index (χ1) is 14.1. The number of likely N-dealkylation sites (N-methyl/N-ethyl adjacent to an activating group) is 1. The molecule has 0 aromatic carbocycles. The van der Waals surface area contributed by atoms with Crippen LogP contribution in [0.25, 0.3) is 0 Å². The van der Waals surface area contributed by atoms with Gasteiger partial charge >= 0.3 is 0 Å². The van der Waals surface area contributed by atoms with Gasteiger partial charge in [0.2, 0.25) is 11.9 Å². The average molecular weight is 414 g/mol. The smallest absolute Gasteiger partial charge is 0.249 e. The molecule has 4 rings (SSSR count). The number of rotatable bonds is 5. The van der Waals surface area contributed by atoms with Crippen molar-refractivity contribution in [3.05, 3.63) is 35.2 Å². The largest absolute Gasteiger partial charge is 0.340 e. The first kappa shape index (κ1) is 19.6. The predicted octanol–water partition coefficient (Wildman–Crippen LogP) is 3.48. The number of aromatic nitrogens is 3. The van der Waals surface area contributed by atoms with E-state index in [0.29, 0.717) is 22.8 Å². The second kappa shape index (κ2) is 8.32. The van der Waals surface area contributed by atoms with Gasteiger partial charge in [-0.05, 0) is 31.4 Å². The highest BCUT2D eigenvalue weighted by Gasteiger charge is 2.41. The highest BCUT2D eigenvalue weighted by molar-refractivity contribution is 6.29. The fourth-order valence-corrected chi connectivity index (χ4v) is 4.26. The number of anilines is 3. The normalized spacial score (nSPS) is 19.8. The Morgan fingerprint density at radius 2 is 2.10 bits per heavy atom. The molecular formula is C20H24ClN7O. The maximum Gasteiger partial charge on any atom is 0.249 e. The van der Waals surface area contributed by atoms with Crippen LogP contribution in [0, 0.1) is 0 Å². The van der Waals surface area contributed by atoms with Gasteiger partial charge in [-0.3, -0.25) is 4.79 Å². The first-order valence-corrected chi connectivity index (χ1v) is 10.3. The van der Waals surface area contributed by atoms with Gasteiger partial charge in [0.25, 0.3) is 0 Å². The molecule has 0 saturated heterocycles. The molecule has 1 unspecified atom stereocenters. The van der Waals surface area contributed by atoms with Gasteiger partial charge in [0.1, 0.15) is 16.9 Å². The van der Waals surface area contributed by atoms with Crippen LogP contribution in [-0.2, 0) is 4.79 Å². The van der Waals surface area contributed by atoms with Crippen molar-refractivity contribution in [1.82, 2.24) is 15.0 Å². The minimum absolute atomic E-state index is 0.0984. The van der Waals surface area contributed by atoms with Crippen molar-refractivity contribution in [2.45, 2.75) is 51.1 Å². The fraction of sp³-hybridized carbons (Fsp3) is 0.450. The number of hydrogen-bond donors (Lipinski definition) is 1. The molecule has 1 aliphatic carbocycles. The number of hydrogen-bond acceptors (Lipinski definition) is 7. The predicted molar refractivity (Wildman–Crippen MR) is 115 cm³/mol. The highest BCUT2D eigenvalue weighted by Crippen LogP contribution is 2.39. The molecule has 1 fully saturated rings. The Labute approximate surface area is 175 Å². The topological polar surface area (TPSA) is 86.6 Å². The molecule has 2 aliphatic rings. The molecule has 1 amide bonds. The van der Waals surface area contributed by atoms with Crippen LogP contribution in [0.2, 0.25) is 5.15 Å². The molecule has 2 aromatic heterocycles. The third-order valence-electron chi connectivity index (χ3n) is 5.51. The standard InChI is InChI=1S/C20H24ClN7O/c1-3-15-19(29)27(2)16-12-22-20(25-18(16)28(15)14-8-4-5-9-14)26-23-11-13-7-6-10-17(21)24-13/h6-7,10-12,14-15H,3-5,8-9H2,1-2H3,(H,22,25,26)/b23-11+. The molecule has 3 heterocycles. The first-order valence-electron chi connectivity index (χ1n) is 9.93. The molecule has 1 aliphatic heterocycles. The zero-order chi connectivity index (χ0) is 20.4. The van der Waals surface area contributed by atoms with Gasteiger partial charge in [-0.2, -0.15) is 10.1 Å². The SMILES string of the molecule is CCC1C(=O)N(C)c2cnc(N/N=C/c3cccc(Cl)n3)nc2N1C1CCCC1. The lowest BCUT2D eigenvalue weighted by Crippen LogP contribution is -2.55. The van der Waals surface area contributed by atoms with Crippen molar-refractivity contribution >= 4 is 41.2 Å². The Bertz CT molecular complexity index is 929. The number of pyridine rings is 1. The number of fused-ring (bicyclic) bond motifs is 1. The molecule has 1 atom stereocenters. The summed E-state index contributed by atoms with van der Waals surface area (Å²) in [5.74, 6) is 1.27. The fourth-order valence-electron chi connectivity index (χ4n) is 4.09. The Morgan fingerprint density at radius 3 is 2.83 bits per heavy atom. The lowest BCUT2D eigenvalue weighted by Gasteiger charge is -2.43. The summed E-state index contributed by atoms with van der Waals surface area (Å²) < 4.78 is 0. The number of carbonyl (C=O) groups excluding carboxylic acids is 1. The van der Waals surface area contributed by atoms with E-state index in [1.165, 1.54) is 12.8 Å². The molecular weight excluding hydrogens is 390 g/mol. The quantitative estimate of drug-likeness (QED) is 0.458. The number of nitrogens with zero attached hydrogens (tertiary/aromatic N) is 6. The van der Waals surface area contributed by atoms with E-state index in [-0.39, 0.29) is 11.9 Å². The van der Waals surface area contributed by atoms with E-state index in [4.69, 9.17) is 16.6 Å². The van der Waals surface area contributed by atoms with Crippen LogP contribution in [0.15, 0.2) is 29.5 Å². The zero-order valence-corrected chi connectivity index (χ0v) is 17.3. The van der Waals surface area contributed by atoms with E-state index in [1.807, 2.05) is 13.0 Å². The van der Waals surface area contributed by atoms with Crippen LogP contribution in [0.5, 0.6) is 0 Å². The van der Waals surface area contributed by atoms with Crippen LogP contribution in [-0.4, -0.2) is 46.2 Å². The molecule has 0 bridgehead atoms. The number of halogens is 1. The van der Waals surface area contributed by atoms with Crippen molar-refractivity contribution in [2.75, 3.05) is 22.3 Å². The monoisotopic (exact) mass is 413 g/mol. The molecule has 152 valence electrons. The molecule has 2 aromatic rings. The van der Waals surface area contributed by atoms with E-state index in [1.54, 1.807) is 36.5 Å². The summed E-state index contributed by atoms with van der Waals surface area (Å²) in [4.78, 5) is 30.0. The molecule has 0 radical (unpaired) electrons. The molecule has 0 spiro atoms. The summed E-state index contributed by atoms with van der Waals surface area (Å²) in [5.41, 5.74) is 4.23. The van der Waals surface area contributed by atoms with Crippen molar-refractivity contribution in [3.8, 4) is 0 Å². The Balaban J connectivity index is 1.62. The second-order valence-electron chi connectivity index (χ2n) is 7.32. The summed E-state index contributed by atoms with van der Waals surface area (Å²) in [5, 5.41) is 4.58. The van der Waals surface area contributed by atoms with Gasteiger partial charge in [-0.15, -0.1) is 0 Å². The summed E-state index contributed by atoms with van der Waals surface area (Å²) in [7, 11) is 1.79. The minimum Gasteiger partial charge on any atom is -0.340 e. The van der Waals surface area contributed by atoms with Gasteiger partial charge in [-0.25, -0.2) is 15.4 Å². The number of amides is 1. The molecule has 1 saturated carbocycles. The average Bonchev–Trinajstić information content (AvgIpc) is 3.25. The Morgan fingerprint density at radius 1 is 1.31 bits per heavy atom. The van der Waals surface area contributed by atoms with Crippen LogP contribution in [0.4, 0.5) is 17.5 Å². The lowest BCUT2D eigenvalue weighted by atomic mass is 10.0. The molecule has 9 heteroatoms. The zero-order valence-electron chi connectivity index (χ0n) is 16.5. The number of carbonyl (C=O) groups is 1. The minimum atomic E-state index is -0.197. The van der Waals surface area contributed by atoms with Crippen molar-refractivity contribution < 1.29 is 4.79 Å². The third kappa shape index (κ3) is 3.89. The van der Waals surface area contributed by atoms with Gasteiger partial charge in [-0.1, -0.05) is 37.4 Å². The van der Waals surface area contributed by atoms with Crippen LogP contribution >= 0.6 is 11.6 Å². The van der Waals surface area contributed by atoms with Gasteiger partial charge in [0.05, 0.1) is 18.1 Å². The van der Waals surface area contributed by atoms with E-state index in [2.05, 4.69) is 25.4 Å².